The Morgan fingerprint density at radius 1 is 1.45 bits per heavy atom. The van der Waals surface area contributed by atoms with Gasteiger partial charge >= 0.3 is 0 Å². The standard InChI is InChI=1S/C6H11BrN2O2/c1-2-5(3-7)6(9-11)4-8-10/h5-6H,2-4H2,1H3. The fraction of sp³-hybridized carbons (Fsp3) is 1.00. The molecule has 2 unspecified atom stereocenters. The second-order valence-electron chi connectivity index (χ2n) is 2.31. The van der Waals surface area contributed by atoms with Gasteiger partial charge in [0, 0.05) is 5.33 Å². The molecule has 0 aromatic carbocycles. The van der Waals surface area contributed by atoms with E-state index in [0.717, 1.165) is 6.42 Å². The second kappa shape index (κ2) is 6.39. The topological polar surface area (TPSA) is 58.9 Å². The van der Waals surface area contributed by atoms with Crippen molar-refractivity contribution in [3.8, 4) is 0 Å². The fourth-order valence-electron chi connectivity index (χ4n) is 0.829. The molecule has 2 atom stereocenters. The zero-order valence-electron chi connectivity index (χ0n) is 6.36. The van der Waals surface area contributed by atoms with Crippen LogP contribution in [0, 0.1) is 15.7 Å². The lowest BCUT2D eigenvalue weighted by Crippen LogP contribution is -2.21. The van der Waals surface area contributed by atoms with Crippen molar-refractivity contribution in [3.05, 3.63) is 9.81 Å². The Morgan fingerprint density at radius 3 is 2.36 bits per heavy atom. The predicted molar refractivity (Wildman–Crippen MR) is 47.8 cm³/mol. The average molecular weight is 223 g/mol. The van der Waals surface area contributed by atoms with E-state index in [9.17, 15) is 9.81 Å². The van der Waals surface area contributed by atoms with E-state index in [1.54, 1.807) is 0 Å². The van der Waals surface area contributed by atoms with Crippen molar-refractivity contribution in [1.82, 2.24) is 0 Å². The first-order chi connectivity index (χ1) is 5.29. The molecule has 4 nitrogen and oxygen atoms in total. The molecule has 0 aromatic heterocycles. The van der Waals surface area contributed by atoms with Gasteiger partial charge in [0.15, 0.2) is 0 Å². The van der Waals surface area contributed by atoms with Crippen LogP contribution in [0.2, 0.25) is 0 Å². The quantitative estimate of drug-likeness (QED) is 0.512. The molecule has 0 saturated carbocycles. The maximum Gasteiger partial charge on any atom is 0.118 e. The van der Waals surface area contributed by atoms with Gasteiger partial charge in [0.05, 0.1) is 0 Å². The minimum Gasteiger partial charge on any atom is -0.151 e. The molecule has 0 aromatic rings. The van der Waals surface area contributed by atoms with Crippen molar-refractivity contribution in [1.29, 1.82) is 0 Å². The van der Waals surface area contributed by atoms with Crippen molar-refractivity contribution in [2.45, 2.75) is 19.4 Å². The highest BCUT2D eigenvalue weighted by atomic mass is 79.9. The molecule has 0 aliphatic rings. The van der Waals surface area contributed by atoms with Crippen LogP contribution in [-0.4, -0.2) is 17.9 Å². The molecule has 0 heterocycles. The van der Waals surface area contributed by atoms with Gasteiger partial charge < -0.3 is 0 Å². The van der Waals surface area contributed by atoms with Crippen molar-refractivity contribution < 1.29 is 0 Å². The van der Waals surface area contributed by atoms with E-state index in [1.807, 2.05) is 6.92 Å². The van der Waals surface area contributed by atoms with E-state index in [1.165, 1.54) is 0 Å². The highest BCUT2D eigenvalue weighted by Gasteiger charge is 2.19. The summed E-state index contributed by atoms with van der Waals surface area (Å²) >= 11 is 3.24. The van der Waals surface area contributed by atoms with Gasteiger partial charge in [-0.15, -0.1) is 0 Å². The third-order valence-electron chi connectivity index (χ3n) is 1.66. The van der Waals surface area contributed by atoms with Gasteiger partial charge in [0.2, 0.25) is 0 Å². The molecule has 5 heteroatoms. The SMILES string of the molecule is CCC(CBr)C(CN=O)N=O. The summed E-state index contributed by atoms with van der Waals surface area (Å²) in [5.74, 6) is 0.130. The highest BCUT2D eigenvalue weighted by molar-refractivity contribution is 9.09. The van der Waals surface area contributed by atoms with Crippen molar-refractivity contribution in [2.75, 3.05) is 11.9 Å². The van der Waals surface area contributed by atoms with Crippen LogP contribution in [-0.2, 0) is 0 Å². The third kappa shape index (κ3) is 3.55. The van der Waals surface area contributed by atoms with E-state index < -0.39 is 6.04 Å². The first-order valence-electron chi connectivity index (χ1n) is 3.47. The first-order valence-corrected chi connectivity index (χ1v) is 4.59. The number of alkyl halides is 1. The molecule has 0 N–H and O–H groups in total. The number of nitroso groups, excluding NO2 is 2. The molecule has 0 radical (unpaired) electrons. The number of halogens is 1. The summed E-state index contributed by atoms with van der Waals surface area (Å²) in [6, 6.07) is -0.461. The van der Waals surface area contributed by atoms with Gasteiger partial charge in [0.1, 0.15) is 12.6 Å². The zero-order valence-corrected chi connectivity index (χ0v) is 7.95. The molecule has 0 rings (SSSR count). The molecule has 0 bridgehead atoms. The first kappa shape index (κ1) is 10.7. The molecule has 0 spiro atoms. The number of rotatable bonds is 6. The predicted octanol–water partition coefficient (Wildman–Crippen LogP) is 2.31. The summed E-state index contributed by atoms with van der Waals surface area (Å²) < 4.78 is 0. The second-order valence-corrected chi connectivity index (χ2v) is 2.95. The monoisotopic (exact) mass is 222 g/mol. The minimum absolute atomic E-state index is 0.00634. The normalized spacial score (nSPS) is 15.5. The zero-order chi connectivity index (χ0) is 8.69. The summed E-state index contributed by atoms with van der Waals surface area (Å²) in [4.78, 5) is 20.0. The lowest BCUT2D eigenvalue weighted by molar-refractivity contribution is 0.458. The smallest absolute Gasteiger partial charge is 0.118 e. The van der Waals surface area contributed by atoms with Crippen molar-refractivity contribution in [2.24, 2.45) is 16.3 Å². The van der Waals surface area contributed by atoms with Crippen LogP contribution >= 0.6 is 15.9 Å². The fourth-order valence-corrected chi connectivity index (χ4v) is 1.72. The van der Waals surface area contributed by atoms with Crippen LogP contribution in [0.5, 0.6) is 0 Å². The average Bonchev–Trinajstić information content (AvgIpc) is 2.05. The van der Waals surface area contributed by atoms with E-state index >= 15 is 0 Å². The molecule has 0 saturated heterocycles. The number of hydrogen-bond acceptors (Lipinski definition) is 4. The molecule has 64 valence electrons. The van der Waals surface area contributed by atoms with Crippen LogP contribution in [0.15, 0.2) is 10.4 Å². The maximum atomic E-state index is 10.2. The Kier molecular flexibility index (Phi) is 6.21. The number of nitrogens with zero attached hydrogens (tertiary/aromatic N) is 2. The van der Waals surface area contributed by atoms with Gasteiger partial charge in [-0.05, 0) is 5.92 Å². The Morgan fingerprint density at radius 2 is 2.09 bits per heavy atom. The molecule has 0 aliphatic carbocycles. The van der Waals surface area contributed by atoms with E-state index in [0.29, 0.717) is 5.33 Å². The Bertz CT molecular complexity index is 128. The van der Waals surface area contributed by atoms with E-state index in [2.05, 4.69) is 26.3 Å². The highest BCUT2D eigenvalue weighted by Crippen LogP contribution is 2.15. The van der Waals surface area contributed by atoms with Gasteiger partial charge in [-0.2, -0.15) is 9.81 Å². The van der Waals surface area contributed by atoms with Crippen molar-refractivity contribution >= 4 is 15.9 Å². The largest absolute Gasteiger partial charge is 0.151 e. The van der Waals surface area contributed by atoms with Crippen LogP contribution < -0.4 is 0 Å². The van der Waals surface area contributed by atoms with Crippen molar-refractivity contribution in [3.63, 3.8) is 0 Å². The van der Waals surface area contributed by atoms with Crippen LogP contribution in [0.3, 0.4) is 0 Å². The molecule has 0 fully saturated rings. The maximum absolute atomic E-state index is 10.2. The summed E-state index contributed by atoms with van der Waals surface area (Å²) in [7, 11) is 0. The molecular weight excluding hydrogens is 212 g/mol. The van der Waals surface area contributed by atoms with Gasteiger partial charge in [-0.3, -0.25) is 0 Å². The minimum atomic E-state index is -0.461. The van der Waals surface area contributed by atoms with E-state index in [-0.39, 0.29) is 12.5 Å². The third-order valence-corrected chi connectivity index (χ3v) is 2.50. The molecule has 0 amide bonds. The Labute approximate surface area is 73.8 Å². The molecular formula is C6H11BrN2O2. The summed E-state index contributed by atoms with van der Waals surface area (Å²) in [5, 5.41) is 6.20. The van der Waals surface area contributed by atoms with E-state index in [4.69, 9.17) is 0 Å². The van der Waals surface area contributed by atoms with Gasteiger partial charge in [-0.1, -0.05) is 39.6 Å². The lowest BCUT2D eigenvalue weighted by atomic mass is 10.0. The Hall–Kier alpha value is -0.320. The molecule has 11 heavy (non-hydrogen) atoms. The van der Waals surface area contributed by atoms with Crippen LogP contribution in [0.4, 0.5) is 0 Å². The Balaban J connectivity index is 3.96. The van der Waals surface area contributed by atoms with Gasteiger partial charge in [0.25, 0.3) is 0 Å². The summed E-state index contributed by atoms with van der Waals surface area (Å²) in [5.41, 5.74) is 0. The summed E-state index contributed by atoms with van der Waals surface area (Å²) in [6.07, 6.45) is 0.831. The lowest BCUT2D eigenvalue weighted by Gasteiger charge is -2.13. The molecule has 0 aliphatic heterocycles. The van der Waals surface area contributed by atoms with Crippen LogP contribution in [0.1, 0.15) is 13.3 Å². The van der Waals surface area contributed by atoms with Gasteiger partial charge in [-0.25, -0.2) is 0 Å². The number of hydrogen-bond donors (Lipinski definition) is 0. The summed E-state index contributed by atoms with van der Waals surface area (Å²) in [6.45, 7) is 1.95. The van der Waals surface area contributed by atoms with Crippen LogP contribution in [0.25, 0.3) is 0 Å².